The largest absolute Gasteiger partial charge is 0.294 e. The minimum atomic E-state index is -1.65. The number of benzene rings is 1. The topological polar surface area (TPSA) is 47.8 Å². The van der Waals surface area contributed by atoms with Crippen molar-refractivity contribution in [3.63, 3.8) is 0 Å². The number of aromatic nitrogens is 3. The molecule has 1 aromatic heterocycles. The van der Waals surface area contributed by atoms with Crippen molar-refractivity contribution >= 4 is 5.78 Å². The number of carbonyl (C=O) groups excluding carboxylic acids is 1. The second-order valence-corrected chi connectivity index (χ2v) is 5.08. The van der Waals surface area contributed by atoms with E-state index in [0.29, 0.717) is 18.3 Å². The van der Waals surface area contributed by atoms with Crippen molar-refractivity contribution in [1.29, 1.82) is 0 Å². The summed E-state index contributed by atoms with van der Waals surface area (Å²) in [5.41, 5.74) is -0.493. The van der Waals surface area contributed by atoms with Gasteiger partial charge in [0, 0.05) is 6.54 Å². The molecule has 0 saturated heterocycles. The van der Waals surface area contributed by atoms with Crippen LogP contribution in [-0.4, -0.2) is 20.5 Å². The number of Topliss-reactive ketones (excluding diaryl/α,β-unsaturated/α-hetero) is 1. The van der Waals surface area contributed by atoms with E-state index in [1.807, 2.05) is 13.8 Å². The second kappa shape index (κ2) is 6.07. The van der Waals surface area contributed by atoms with Crippen molar-refractivity contribution in [1.82, 2.24) is 14.8 Å². The first-order valence-electron chi connectivity index (χ1n) is 6.43. The SMILES string of the molecule is CC(C)Cn1ncnc1CC(=O)c1ccc(F)c(F)c1F. The molecule has 1 aromatic carbocycles. The quantitative estimate of drug-likeness (QED) is 0.630. The average molecular weight is 297 g/mol. The molecular formula is C14H14F3N3O. The van der Waals surface area contributed by atoms with Crippen LogP contribution in [0.1, 0.15) is 30.0 Å². The molecule has 2 rings (SSSR count). The normalized spacial score (nSPS) is 11.1. The molecule has 0 atom stereocenters. The van der Waals surface area contributed by atoms with Crippen molar-refractivity contribution in [3.05, 3.63) is 47.3 Å². The molecule has 2 aromatic rings. The lowest BCUT2D eigenvalue weighted by Gasteiger charge is -2.08. The Morgan fingerprint density at radius 3 is 2.62 bits per heavy atom. The average Bonchev–Trinajstić information content (AvgIpc) is 2.82. The molecule has 0 aliphatic rings. The predicted molar refractivity (Wildman–Crippen MR) is 69.2 cm³/mol. The molecule has 7 heteroatoms. The molecular weight excluding hydrogens is 283 g/mol. The summed E-state index contributed by atoms with van der Waals surface area (Å²) in [6.45, 7) is 4.51. The zero-order valence-electron chi connectivity index (χ0n) is 11.6. The van der Waals surface area contributed by atoms with Crippen LogP contribution in [0.4, 0.5) is 13.2 Å². The highest BCUT2D eigenvalue weighted by Crippen LogP contribution is 2.17. The Morgan fingerprint density at radius 2 is 1.95 bits per heavy atom. The Balaban J connectivity index is 2.23. The first-order chi connectivity index (χ1) is 9.90. The summed E-state index contributed by atoms with van der Waals surface area (Å²) in [6, 6.07) is 1.66. The monoisotopic (exact) mass is 297 g/mol. The first-order valence-corrected chi connectivity index (χ1v) is 6.43. The molecule has 1 heterocycles. The van der Waals surface area contributed by atoms with Crippen LogP contribution in [0.25, 0.3) is 0 Å². The van der Waals surface area contributed by atoms with E-state index < -0.39 is 28.8 Å². The van der Waals surface area contributed by atoms with Crippen LogP contribution in [0.2, 0.25) is 0 Å². The van der Waals surface area contributed by atoms with E-state index in [0.717, 1.165) is 12.1 Å². The molecule has 0 unspecified atom stereocenters. The molecule has 21 heavy (non-hydrogen) atoms. The summed E-state index contributed by atoms with van der Waals surface area (Å²) in [7, 11) is 0. The standard InChI is InChI=1S/C14H14F3N3O/c1-8(2)6-20-12(18-7-19-20)5-11(21)9-3-4-10(15)14(17)13(9)16/h3-4,7-8H,5-6H2,1-2H3. The van der Waals surface area contributed by atoms with E-state index in [9.17, 15) is 18.0 Å². The molecule has 0 spiro atoms. The van der Waals surface area contributed by atoms with Gasteiger partial charge >= 0.3 is 0 Å². The van der Waals surface area contributed by atoms with Gasteiger partial charge in [0.25, 0.3) is 0 Å². The van der Waals surface area contributed by atoms with Gasteiger partial charge in [0.1, 0.15) is 12.2 Å². The van der Waals surface area contributed by atoms with E-state index in [-0.39, 0.29) is 6.42 Å². The summed E-state index contributed by atoms with van der Waals surface area (Å²) < 4.78 is 41.1. The maximum atomic E-state index is 13.6. The van der Waals surface area contributed by atoms with Gasteiger partial charge in [-0.15, -0.1) is 0 Å². The fourth-order valence-electron chi connectivity index (χ4n) is 1.90. The van der Waals surface area contributed by atoms with Crippen molar-refractivity contribution < 1.29 is 18.0 Å². The van der Waals surface area contributed by atoms with Gasteiger partial charge < -0.3 is 0 Å². The zero-order chi connectivity index (χ0) is 15.6. The fraction of sp³-hybridized carbons (Fsp3) is 0.357. The number of hydrogen-bond donors (Lipinski definition) is 0. The molecule has 0 saturated carbocycles. The van der Waals surface area contributed by atoms with Gasteiger partial charge in [-0.05, 0) is 18.1 Å². The van der Waals surface area contributed by atoms with Crippen LogP contribution in [0.5, 0.6) is 0 Å². The third kappa shape index (κ3) is 3.29. The fourth-order valence-corrected chi connectivity index (χ4v) is 1.90. The zero-order valence-corrected chi connectivity index (χ0v) is 11.6. The Bertz CT molecular complexity index is 667. The number of carbonyl (C=O) groups is 1. The second-order valence-electron chi connectivity index (χ2n) is 5.08. The maximum absolute atomic E-state index is 13.6. The van der Waals surface area contributed by atoms with Gasteiger partial charge in [-0.2, -0.15) is 5.10 Å². The number of ketones is 1. The smallest absolute Gasteiger partial charge is 0.195 e. The van der Waals surface area contributed by atoms with Gasteiger partial charge in [0.05, 0.1) is 12.0 Å². The number of hydrogen-bond acceptors (Lipinski definition) is 3. The summed E-state index contributed by atoms with van der Waals surface area (Å²) in [5.74, 6) is -4.48. The third-order valence-corrected chi connectivity index (χ3v) is 2.89. The maximum Gasteiger partial charge on any atom is 0.195 e. The summed E-state index contributed by atoms with van der Waals surface area (Å²) >= 11 is 0. The van der Waals surface area contributed by atoms with Crippen LogP contribution in [0, 0.1) is 23.4 Å². The Labute approximate surface area is 119 Å². The number of rotatable bonds is 5. The van der Waals surface area contributed by atoms with E-state index in [1.54, 1.807) is 4.68 Å². The molecule has 4 nitrogen and oxygen atoms in total. The highest BCUT2D eigenvalue weighted by atomic mass is 19.2. The van der Waals surface area contributed by atoms with E-state index in [1.165, 1.54) is 6.33 Å². The molecule has 0 aliphatic heterocycles. The van der Waals surface area contributed by atoms with Crippen molar-refractivity contribution in [2.75, 3.05) is 0 Å². The van der Waals surface area contributed by atoms with Gasteiger partial charge in [0.2, 0.25) is 0 Å². The molecule has 0 radical (unpaired) electrons. The third-order valence-electron chi connectivity index (χ3n) is 2.89. The van der Waals surface area contributed by atoms with Gasteiger partial charge in [0.15, 0.2) is 23.2 Å². The summed E-state index contributed by atoms with van der Waals surface area (Å²) in [6.07, 6.45) is 1.07. The van der Waals surface area contributed by atoms with Crippen LogP contribution < -0.4 is 0 Å². The first kappa shape index (κ1) is 15.2. The Hall–Kier alpha value is -2.18. The highest BCUT2D eigenvalue weighted by molar-refractivity contribution is 5.97. The minimum absolute atomic E-state index is 0.227. The summed E-state index contributed by atoms with van der Waals surface area (Å²) in [5, 5.41) is 3.98. The van der Waals surface area contributed by atoms with Gasteiger partial charge in [-0.1, -0.05) is 13.8 Å². The van der Waals surface area contributed by atoms with Crippen LogP contribution in [0.15, 0.2) is 18.5 Å². The van der Waals surface area contributed by atoms with Crippen LogP contribution >= 0.6 is 0 Å². The highest BCUT2D eigenvalue weighted by Gasteiger charge is 2.20. The van der Waals surface area contributed by atoms with Crippen LogP contribution in [0.3, 0.4) is 0 Å². The van der Waals surface area contributed by atoms with Crippen molar-refractivity contribution in [2.45, 2.75) is 26.8 Å². The minimum Gasteiger partial charge on any atom is -0.294 e. The van der Waals surface area contributed by atoms with Gasteiger partial charge in [-0.25, -0.2) is 22.8 Å². The molecule has 0 bridgehead atoms. The number of halogens is 3. The molecule has 0 amide bonds. The Morgan fingerprint density at radius 1 is 1.24 bits per heavy atom. The van der Waals surface area contributed by atoms with Crippen molar-refractivity contribution in [3.8, 4) is 0 Å². The van der Waals surface area contributed by atoms with Crippen molar-refractivity contribution in [2.24, 2.45) is 5.92 Å². The van der Waals surface area contributed by atoms with E-state index in [4.69, 9.17) is 0 Å². The molecule has 0 N–H and O–H groups in total. The summed E-state index contributed by atoms with van der Waals surface area (Å²) in [4.78, 5) is 16.0. The Kier molecular flexibility index (Phi) is 4.40. The molecule has 112 valence electrons. The lowest BCUT2D eigenvalue weighted by Crippen LogP contribution is -2.15. The predicted octanol–water partition coefficient (Wildman–Crippen LogP) is 2.78. The van der Waals surface area contributed by atoms with Gasteiger partial charge in [-0.3, -0.25) is 4.79 Å². The van der Waals surface area contributed by atoms with Crippen LogP contribution in [-0.2, 0) is 13.0 Å². The van der Waals surface area contributed by atoms with E-state index in [2.05, 4.69) is 10.1 Å². The number of nitrogens with zero attached hydrogens (tertiary/aromatic N) is 3. The molecule has 0 fully saturated rings. The lowest BCUT2D eigenvalue weighted by atomic mass is 10.1. The van der Waals surface area contributed by atoms with E-state index >= 15 is 0 Å². The molecule has 0 aliphatic carbocycles. The lowest BCUT2D eigenvalue weighted by molar-refractivity contribution is 0.0984.